The van der Waals surface area contributed by atoms with Gasteiger partial charge in [0.1, 0.15) is 11.4 Å². The number of benzene rings is 2. The van der Waals surface area contributed by atoms with Gasteiger partial charge in [-0.15, -0.1) is 0 Å². The molecule has 2 heterocycles. The number of ether oxygens (including phenoxy) is 1. The number of carbonyl (C=O) groups excluding carboxylic acids is 2. The van der Waals surface area contributed by atoms with E-state index in [-0.39, 0.29) is 16.2 Å². The number of carbonyl (C=O) groups is 2. The average molecular weight is 442 g/mol. The van der Waals surface area contributed by atoms with Crippen molar-refractivity contribution in [1.82, 2.24) is 9.21 Å². The highest BCUT2D eigenvalue weighted by Crippen LogP contribution is 2.31. The Labute approximate surface area is 181 Å². The summed E-state index contributed by atoms with van der Waals surface area (Å²) in [5.41, 5.74) is 1.31. The number of sulfonamides is 1. The second-order valence-corrected chi connectivity index (χ2v) is 9.35. The molecule has 0 saturated carbocycles. The lowest BCUT2D eigenvalue weighted by Gasteiger charge is -2.16. The summed E-state index contributed by atoms with van der Waals surface area (Å²) in [5, 5.41) is 2.99. The van der Waals surface area contributed by atoms with E-state index in [4.69, 9.17) is 4.74 Å². The van der Waals surface area contributed by atoms with Gasteiger partial charge in [-0.05, 0) is 48.7 Å². The van der Waals surface area contributed by atoms with Crippen LogP contribution in [-0.4, -0.2) is 56.7 Å². The minimum Gasteiger partial charge on any atom is -0.497 e. The number of amides is 2. The monoisotopic (exact) mass is 441 g/mol. The largest absolute Gasteiger partial charge is 0.497 e. The average Bonchev–Trinajstić information content (AvgIpc) is 3.40. The first-order chi connectivity index (χ1) is 14.8. The predicted molar refractivity (Wildman–Crippen MR) is 116 cm³/mol. The summed E-state index contributed by atoms with van der Waals surface area (Å²) in [7, 11) is -0.644. The van der Waals surface area contributed by atoms with Crippen LogP contribution in [-0.2, 0) is 19.6 Å². The van der Waals surface area contributed by atoms with Gasteiger partial charge in [-0.1, -0.05) is 18.2 Å². The molecule has 0 unspecified atom stereocenters. The van der Waals surface area contributed by atoms with Crippen LogP contribution >= 0.6 is 0 Å². The fourth-order valence-electron chi connectivity index (χ4n) is 3.74. The molecule has 31 heavy (non-hydrogen) atoms. The molecule has 2 aliphatic heterocycles. The Hall–Kier alpha value is -3.17. The van der Waals surface area contributed by atoms with Crippen molar-refractivity contribution >= 4 is 33.1 Å². The molecule has 4 rings (SSSR count). The molecule has 1 fully saturated rings. The number of nitrogens with one attached hydrogen (secondary N) is 1. The molecule has 1 saturated heterocycles. The van der Waals surface area contributed by atoms with E-state index in [0.29, 0.717) is 30.1 Å². The van der Waals surface area contributed by atoms with E-state index >= 15 is 0 Å². The first kappa shape index (κ1) is 21.1. The summed E-state index contributed by atoms with van der Waals surface area (Å²) in [6.07, 6.45) is 1.69. The molecule has 0 aromatic heterocycles. The van der Waals surface area contributed by atoms with Gasteiger partial charge in [0.2, 0.25) is 10.0 Å². The van der Waals surface area contributed by atoms with Crippen molar-refractivity contribution in [1.29, 1.82) is 0 Å². The molecule has 1 N–H and O–H groups in total. The highest BCUT2D eigenvalue weighted by atomic mass is 32.2. The topological polar surface area (TPSA) is 96.0 Å². The summed E-state index contributed by atoms with van der Waals surface area (Å²) in [6, 6.07) is 13.1. The molecule has 2 amide bonds. The van der Waals surface area contributed by atoms with E-state index in [1.165, 1.54) is 23.5 Å². The van der Waals surface area contributed by atoms with E-state index < -0.39 is 21.8 Å². The third-order valence-corrected chi connectivity index (χ3v) is 7.37. The van der Waals surface area contributed by atoms with Crippen LogP contribution in [0.2, 0.25) is 0 Å². The van der Waals surface area contributed by atoms with Gasteiger partial charge in [-0.25, -0.2) is 8.42 Å². The Kier molecular flexibility index (Phi) is 5.55. The molecule has 0 bridgehead atoms. The van der Waals surface area contributed by atoms with Crippen LogP contribution in [0, 0.1) is 0 Å². The number of anilines is 1. The molecule has 2 aromatic rings. The smallest absolute Gasteiger partial charge is 0.277 e. The van der Waals surface area contributed by atoms with Gasteiger partial charge in [0, 0.05) is 25.8 Å². The molecule has 0 spiro atoms. The molecule has 2 aliphatic rings. The summed E-state index contributed by atoms with van der Waals surface area (Å²) in [4.78, 5) is 26.7. The van der Waals surface area contributed by atoms with Crippen LogP contribution in [0.4, 0.5) is 5.69 Å². The van der Waals surface area contributed by atoms with Crippen molar-refractivity contribution in [3.05, 3.63) is 59.8 Å². The van der Waals surface area contributed by atoms with Gasteiger partial charge in [-0.3, -0.25) is 14.5 Å². The lowest BCUT2D eigenvalue weighted by Crippen LogP contribution is -2.28. The minimum absolute atomic E-state index is 0.105. The van der Waals surface area contributed by atoms with Crippen molar-refractivity contribution < 1.29 is 22.7 Å². The molecule has 2 aromatic carbocycles. The van der Waals surface area contributed by atoms with Gasteiger partial charge < -0.3 is 10.1 Å². The molecule has 8 nitrogen and oxygen atoms in total. The number of imide groups is 1. The third kappa shape index (κ3) is 3.82. The van der Waals surface area contributed by atoms with Gasteiger partial charge in [0.25, 0.3) is 11.8 Å². The second kappa shape index (κ2) is 8.16. The Balaban J connectivity index is 1.71. The van der Waals surface area contributed by atoms with Crippen LogP contribution in [0.25, 0.3) is 5.57 Å². The summed E-state index contributed by atoms with van der Waals surface area (Å²) in [6.45, 7) is 1.01. The van der Waals surface area contributed by atoms with E-state index in [1.54, 1.807) is 43.5 Å². The predicted octanol–water partition coefficient (Wildman–Crippen LogP) is 2.30. The van der Waals surface area contributed by atoms with Crippen LogP contribution in [0.15, 0.2) is 59.1 Å². The van der Waals surface area contributed by atoms with Crippen LogP contribution < -0.4 is 10.1 Å². The van der Waals surface area contributed by atoms with Crippen LogP contribution in [0.5, 0.6) is 5.75 Å². The lowest BCUT2D eigenvalue weighted by molar-refractivity contribution is -0.135. The fourth-order valence-corrected chi connectivity index (χ4v) is 5.30. The molecule has 0 aliphatic carbocycles. The fraction of sp³-hybridized carbons (Fsp3) is 0.273. The van der Waals surface area contributed by atoms with Crippen molar-refractivity contribution in [2.75, 3.05) is 32.6 Å². The Morgan fingerprint density at radius 2 is 1.65 bits per heavy atom. The molecule has 162 valence electrons. The van der Waals surface area contributed by atoms with Crippen LogP contribution in [0.1, 0.15) is 18.4 Å². The summed E-state index contributed by atoms with van der Waals surface area (Å²) in [5.74, 6) is -0.286. The molecule has 0 radical (unpaired) electrons. The van der Waals surface area contributed by atoms with E-state index in [9.17, 15) is 18.0 Å². The zero-order chi connectivity index (χ0) is 22.2. The standard InChI is InChI=1S/C22H23N3O5S/c1-24-21(26)19(15-8-10-17(30-2)11-9-15)20(22(24)27)23-16-6-5-7-18(14-16)31(28,29)25-12-3-4-13-25/h5-11,14,23H,3-4,12-13H2,1-2H3. The zero-order valence-corrected chi connectivity index (χ0v) is 18.1. The first-order valence-corrected chi connectivity index (χ1v) is 11.4. The highest BCUT2D eigenvalue weighted by molar-refractivity contribution is 7.89. The van der Waals surface area contributed by atoms with Gasteiger partial charge in [-0.2, -0.15) is 4.31 Å². The summed E-state index contributed by atoms with van der Waals surface area (Å²) >= 11 is 0. The van der Waals surface area contributed by atoms with Crippen molar-refractivity contribution in [2.24, 2.45) is 0 Å². The number of methoxy groups -OCH3 is 1. The maximum absolute atomic E-state index is 12.9. The number of likely N-dealkylation sites (N-methyl/N-ethyl adjacent to an activating group) is 1. The Morgan fingerprint density at radius 1 is 0.968 bits per heavy atom. The zero-order valence-electron chi connectivity index (χ0n) is 17.3. The maximum atomic E-state index is 12.9. The third-order valence-electron chi connectivity index (χ3n) is 5.47. The van der Waals surface area contributed by atoms with Crippen molar-refractivity contribution in [2.45, 2.75) is 17.7 Å². The summed E-state index contributed by atoms with van der Waals surface area (Å²) < 4.78 is 32.4. The number of hydrogen-bond acceptors (Lipinski definition) is 6. The van der Waals surface area contributed by atoms with Crippen molar-refractivity contribution in [3.63, 3.8) is 0 Å². The van der Waals surface area contributed by atoms with Gasteiger partial charge in [0.15, 0.2) is 0 Å². The number of rotatable bonds is 6. The van der Waals surface area contributed by atoms with Crippen molar-refractivity contribution in [3.8, 4) is 5.75 Å². The van der Waals surface area contributed by atoms with Gasteiger partial charge >= 0.3 is 0 Å². The quantitative estimate of drug-likeness (QED) is 0.691. The second-order valence-electron chi connectivity index (χ2n) is 7.41. The maximum Gasteiger partial charge on any atom is 0.277 e. The molecule has 9 heteroatoms. The Morgan fingerprint density at radius 3 is 2.29 bits per heavy atom. The minimum atomic E-state index is -3.60. The number of nitrogens with zero attached hydrogens (tertiary/aromatic N) is 2. The first-order valence-electron chi connectivity index (χ1n) is 9.91. The highest BCUT2D eigenvalue weighted by Gasteiger charge is 2.37. The number of hydrogen-bond donors (Lipinski definition) is 1. The molecular formula is C22H23N3O5S. The van der Waals surface area contributed by atoms with E-state index in [0.717, 1.165) is 17.7 Å². The van der Waals surface area contributed by atoms with Gasteiger partial charge in [0.05, 0.1) is 17.6 Å². The molecular weight excluding hydrogens is 418 g/mol. The normalized spacial score (nSPS) is 17.5. The van der Waals surface area contributed by atoms with Crippen LogP contribution in [0.3, 0.4) is 0 Å². The van der Waals surface area contributed by atoms with E-state index in [2.05, 4.69) is 5.32 Å². The SMILES string of the molecule is COc1ccc(C2=C(Nc3cccc(S(=O)(=O)N4CCCC4)c3)C(=O)N(C)C2=O)cc1. The molecule has 0 atom stereocenters. The lowest BCUT2D eigenvalue weighted by atomic mass is 10.0. The van der Waals surface area contributed by atoms with E-state index in [1.807, 2.05) is 0 Å². The Bertz CT molecular complexity index is 1170.